The van der Waals surface area contributed by atoms with Gasteiger partial charge in [0, 0.05) is 6.42 Å². The molecule has 0 saturated carbocycles. The van der Waals surface area contributed by atoms with Crippen molar-refractivity contribution >= 4 is 11.9 Å². The molecule has 1 rings (SSSR count). The van der Waals surface area contributed by atoms with Gasteiger partial charge in [0.05, 0.1) is 12.8 Å². The average Bonchev–Trinajstić information content (AvgIpc) is 2.70. The number of ether oxygens (including phenoxy) is 2. The summed E-state index contributed by atoms with van der Waals surface area (Å²) in [5, 5.41) is 0. The summed E-state index contributed by atoms with van der Waals surface area (Å²) >= 11 is 0. The largest absolute Gasteiger partial charge is 0.452 e. The minimum atomic E-state index is -0.434. The maximum absolute atomic E-state index is 11.9. The van der Waals surface area contributed by atoms with Crippen LogP contribution in [-0.2, 0) is 14.3 Å². The molecule has 4 heteroatoms. The average molecular weight is 401 g/mol. The minimum absolute atomic E-state index is 0.00208. The van der Waals surface area contributed by atoms with E-state index in [0.29, 0.717) is 5.75 Å². The Morgan fingerprint density at radius 1 is 0.862 bits per heavy atom. The molecule has 29 heavy (non-hydrogen) atoms. The summed E-state index contributed by atoms with van der Waals surface area (Å²) in [6.07, 6.45) is 11.1. The van der Waals surface area contributed by atoms with Crippen LogP contribution in [0.25, 0.3) is 0 Å². The summed E-state index contributed by atoms with van der Waals surface area (Å²) in [6.45, 7) is 6.18. The third kappa shape index (κ3) is 12.0. The van der Waals surface area contributed by atoms with Gasteiger partial charge < -0.3 is 9.47 Å². The molecule has 0 N–H and O–H groups in total. The van der Waals surface area contributed by atoms with Crippen molar-refractivity contribution in [2.45, 2.75) is 91.4 Å². The molecule has 160 valence electrons. The van der Waals surface area contributed by atoms with E-state index in [1.165, 1.54) is 44.9 Å². The lowest BCUT2D eigenvalue weighted by Crippen LogP contribution is -2.13. The molecule has 0 atom stereocenters. The molecule has 0 aromatic heterocycles. The Balaban J connectivity index is 2.06. The predicted molar refractivity (Wildman–Crippen MR) is 117 cm³/mol. The number of esters is 2. The number of hydrogen-bond donors (Lipinski definition) is 0. The Morgan fingerprint density at radius 2 is 1.52 bits per heavy atom. The van der Waals surface area contributed by atoms with Gasteiger partial charge in [0.2, 0.25) is 0 Å². The van der Waals surface area contributed by atoms with Crippen LogP contribution in [0.1, 0.15) is 88.7 Å². The van der Waals surface area contributed by atoms with Gasteiger partial charge in [-0.25, -0.2) is 0 Å². The Labute approximate surface area is 176 Å². The maximum Gasteiger partial charge on any atom is 0.311 e. The van der Waals surface area contributed by atoms with Crippen LogP contribution in [0.15, 0.2) is 18.2 Å². The Morgan fingerprint density at radius 3 is 2.24 bits per heavy atom. The Kier molecular flexibility index (Phi) is 13.3. The molecule has 0 spiro atoms. The maximum atomic E-state index is 11.9. The summed E-state index contributed by atoms with van der Waals surface area (Å²) in [4.78, 5) is 23.6. The fraction of sp³-hybridized carbons (Fsp3) is 0.600. The summed E-state index contributed by atoms with van der Waals surface area (Å²) in [6, 6.07) is 5.55. The molecule has 0 aliphatic carbocycles. The summed E-state index contributed by atoms with van der Waals surface area (Å²) in [7, 11) is 0. The van der Waals surface area contributed by atoms with Crippen molar-refractivity contribution in [1.29, 1.82) is 0 Å². The van der Waals surface area contributed by atoms with Gasteiger partial charge in [-0.1, -0.05) is 75.8 Å². The highest BCUT2D eigenvalue weighted by atomic mass is 16.5. The smallest absolute Gasteiger partial charge is 0.311 e. The third-order valence-electron chi connectivity index (χ3n) is 4.90. The van der Waals surface area contributed by atoms with E-state index in [1.807, 2.05) is 26.0 Å². The fourth-order valence-corrected chi connectivity index (χ4v) is 2.89. The number of aryl methyl sites for hydroxylation is 1. The van der Waals surface area contributed by atoms with E-state index in [1.54, 1.807) is 6.07 Å². The normalized spacial score (nSPS) is 10.2. The number of carbonyl (C=O) groups is 2. The highest BCUT2D eigenvalue weighted by molar-refractivity contribution is 5.79. The quantitative estimate of drug-likeness (QED) is 0.175. The van der Waals surface area contributed by atoms with Crippen LogP contribution in [-0.4, -0.2) is 18.5 Å². The minimum Gasteiger partial charge on any atom is -0.452 e. The van der Waals surface area contributed by atoms with Crippen molar-refractivity contribution < 1.29 is 19.1 Å². The first kappa shape index (κ1) is 24.8. The highest BCUT2D eigenvalue weighted by Crippen LogP contribution is 2.21. The van der Waals surface area contributed by atoms with Crippen molar-refractivity contribution in [1.82, 2.24) is 0 Å². The van der Waals surface area contributed by atoms with Crippen LogP contribution >= 0.6 is 0 Å². The zero-order valence-electron chi connectivity index (χ0n) is 18.4. The van der Waals surface area contributed by atoms with Crippen LogP contribution in [0.2, 0.25) is 0 Å². The molecule has 0 amide bonds. The second kappa shape index (κ2) is 15.6. The van der Waals surface area contributed by atoms with Gasteiger partial charge in [0.1, 0.15) is 5.75 Å². The Hall–Kier alpha value is -2.28. The lowest BCUT2D eigenvalue weighted by molar-refractivity contribution is -0.145. The molecule has 4 nitrogen and oxygen atoms in total. The van der Waals surface area contributed by atoms with E-state index in [4.69, 9.17) is 9.47 Å². The topological polar surface area (TPSA) is 52.6 Å². The molecule has 0 aliphatic rings. The number of rotatable bonds is 13. The molecule has 1 aromatic carbocycles. The fourth-order valence-electron chi connectivity index (χ4n) is 2.89. The Bertz CT molecular complexity index is 682. The second-order valence-corrected chi connectivity index (χ2v) is 7.41. The number of unbranched alkanes of at least 4 members (excludes halogenated alkanes) is 8. The summed E-state index contributed by atoms with van der Waals surface area (Å²) in [5.41, 5.74) is 1.98. The standard InChI is InChI=1S/C25H36O4/c1-4-5-6-7-8-9-10-11-12-13-14-20-28-24(26)18-19-25(27)29-23-17-15-16-21(2)22(23)3/h15-17H,4-12,18-20H2,1-3H3. The van der Waals surface area contributed by atoms with Gasteiger partial charge >= 0.3 is 11.9 Å². The predicted octanol–water partition coefficient (Wildman–Crippen LogP) is 6.07. The first-order valence-corrected chi connectivity index (χ1v) is 10.9. The molecule has 0 radical (unpaired) electrons. The van der Waals surface area contributed by atoms with Crippen molar-refractivity contribution in [3.05, 3.63) is 29.3 Å². The molecule has 0 aliphatic heterocycles. The molecule has 0 bridgehead atoms. The lowest BCUT2D eigenvalue weighted by atomic mass is 10.1. The third-order valence-corrected chi connectivity index (χ3v) is 4.90. The summed E-state index contributed by atoms with van der Waals surface area (Å²) < 4.78 is 10.4. The van der Waals surface area contributed by atoms with Crippen LogP contribution in [0.3, 0.4) is 0 Å². The van der Waals surface area contributed by atoms with Gasteiger partial charge in [0.15, 0.2) is 6.61 Å². The monoisotopic (exact) mass is 400 g/mol. The van der Waals surface area contributed by atoms with Crippen molar-refractivity contribution in [2.75, 3.05) is 6.61 Å². The molecule has 1 aromatic rings. The zero-order chi connectivity index (χ0) is 21.3. The zero-order valence-corrected chi connectivity index (χ0v) is 18.4. The molecule has 0 fully saturated rings. The molecular formula is C25H36O4. The summed E-state index contributed by atoms with van der Waals surface area (Å²) in [5.74, 6) is 5.59. The molecular weight excluding hydrogens is 364 g/mol. The van der Waals surface area contributed by atoms with Crippen molar-refractivity contribution in [3.63, 3.8) is 0 Å². The van der Waals surface area contributed by atoms with Crippen LogP contribution < -0.4 is 4.74 Å². The van der Waals surface area contributed by atoms with Gasteiger partial charge in [-0.2, -0.15) is 0 Å². The van der Waals surface area contributed by atoms with E-state index in [9.17, 15) is 9.59 Å². The van der Waals surface area contributed by atoms with Gasteiger partial charge in [-0.05, 0) is 37.5 Å². The van der Waals surface area contributed by atoms with E-state index in [2.05, 4.69) is 18.8 Å². The van der Waals surface area contributed by atoms with Crippen LogP contribution in [0, 0.1) is 25.7 Å². The van der Waals surface area contributed by atoms with E-state index in [-0.39, 0.29) is 19.4 Å². The molecule has 0 unspecified atom stereocenters. The first-order valence-electron chi connectivity index (χ1n) is 10.9. The first-order chi connectivity index (χ1) is 14.0. The van der Waals surface area contributed by atoms with Crippen molar-refractivity contribution in [3.8, 4) is 17.6 Å². The van der Waals surface area contributed by atoms with Gasteiger partial charge in [-0.15, -0.1) is 0 Å². The van der Waals surface area contributed by atoms with Crippen LogP contribution in [0.5, 0.6) is 5.75 Å². The van der Waals surface area contributed by atoms with Gasteiger partial charge in [0.25, 0.3) is 0 Å². The van der Waals surface area contributed by atoms with E-state index < -0.39 is 11.9 Å². The van der Waals surface area contributed by atoms with Crippen LogP contribution in [0.4, 0.5) is 0 Å². The van der Waals surface area contributed by atoms with E-state index >= 15 is 0 Å². The van der Waals surface area contributed by atoms with E-state index in [0.717, 1.165) is 24.0 Å². The van der Waals surface area contributed by atoms with Gasteiger partial charge in [-0.3, -0.25) is 9.59 Å². The number of hydrogen-bond acceptors (Lipinski definition) is 4. The highest BCUT2D eigenvalue weighted by Gasteiger charge is 2.11. The molecule has 0 saturated heterocycles. The number of benzene rings is 1. The lowest BCUT2D eigenvalue weighted by Gasteiger charge is -2.08. The number of carbonyl (C=O) groups excluding carboxylic acids is 2. The second-order valence-electron chi connectivity index (χ2n) is 7.41. The SMILES string of the molecule is CCCCCCCCCCC#CCOC(=O)CCC(=O)Oc1cccc(C)c1C. The van der Waals surface area contributed by atoms with Crippen molar-refractivity contribution in [2.24, 2.45) is 0 Å². The molecule has 0 heterocycles.